The molecule has 0 aromatic carbocycles. The standard InChI is InChI=1S/C20H39N5O2/c1-20(2,3)14-25-8-4-5-16(25)19-22-18(23-27-19)15-6-7-21-17(13-15)24-9-11-26-12-10-24/h15-19,21-23H,4-14H2,1-3H3/t15?,16-,17?,18?,19?/m0/s1. The summed E-state index contributed by atoms with van der Waals surface area (Å²) in [6, 6.07) is 0.485. The van der Waals surface area contributed by atoms with Crippen LogP contribution in [0.3, 0.4) is 0 Å². The molecule has 4 fully saturated rings. The van der Waals surface area contributed by atoms with Crippen molar-refractivity contribution in [2.45, 2.75) is 71.1 Å². The van der Waals surface area contributed by atoms with Crippen molar-refractivity contribution in [3.63, 3.8) is 0 Å². The van der Waals surface area contributed by atoms with Crippen LogP contribution in [-0.4, -0.2) is 80.3 Å². The zero-order valence-corrected chi connectivity index (χ0v) is 17.4. The number of hydrogen-bond donors (Lipinski definition) is 3. The molecular formula is C20H39N5O2. The molecule has 4 heterocycles. The molecule has 156 valence electrons. The second-order valence-electron chi connectivity index (χ2n) is 9.94. The van der Waals surface area contributed by atoms with E-state index < -0.39 is 0 Å². The van der Waals surface area contributed by atoms with Crippen molar-refractivity contribution in [3.05, 3.63) is 0 Å². The molecule has 7 heteroatoms. The van der Waals surface area contributed by atoms with Crippen LogP contribution < -0.4 is 16.1 Å². The van der Waals surface area contributed by atoms with Gasteiger partial charge < -0.3 is 10.1 Å². The monoisotopic (exact) mass is 381 g/mol. The molecule has 0 aliphatic carbocycles. The summed E-state index contributed by atoms with van der Waals surface area (Å²) in [5.41, 5.74) is 3.68. The van der Waals surface area contributed by atoms with Crippen LogP contribution in [0.15, 0.2) is 0 Å². The van der Waals surface area contributed by atoms with E-state index in [1.807, 2.05) is 0 Å². The molecule has 4 unspecified atom stereocenters. The van der Waals surface area contributed by atoms with Gasteiger partial charge in [-0.05, 0) is 50.1 Å². The number of nitrogens with one attached hydrogen (secondary N) is 3. The van der Waals surface area contributed by atoms with Gasteiger partial charge in [0, 0.05) is 19.6 Å². The predicted molar refractivity (Wildman–Crippen MR) is 106 cm³/mol. The molecule has 0 radical (unpaired) electrons. The quantitative estimate of drug-likeness (QED) is 0.670. The Morgan fingerprint density at radius 2 is 1.89 bits per heavy atom. The van der Waals surface area contributed by atoms with Gasteiger partial charge in [-0.15, -0.1) is 0 Å². The number of morpholine rings is 1. The molecule has 4 aliphatic rings. The van der Waals surface area contributed by atoms with Crippen LogP contribution in [0.4, 0.5) is 0 Å². The van der Waals surface area contributed by atoms with E-state index in [1.165, 1.54) is 25.8 Å². The summed E-state index contributed by atoms with van der Waals surface area (Å²) in [7, 11) is 0. The summed E-state index contributed by atoms with van der Waals surface area (Å²) in [5, 5.41) is 7.50. The highest BCUT2D eigenvalue weighted by atomic mass is 16.7. The minimum atomic E-state index is 0.108. The number of hydroxylamine groups is 1. The fourth-order valence-electron chi connectivity index (χ4n) is 5.21. The summed E-state index contributed by atoms with van der Waals surface area (Å²) in [4.78, 5) is 11.2. The van der Waals surface area contributed by atoms with Gasteiger partial charge in [0.05, 0.1) is 31.6 Å². The van der Waals surface area contributed by atoms with Gasteiger partial charge in [0.25, 0.3) is 0 Å². The molecular weight excluding hydrogens is 342 g/mol. The van der Waals surface area contributed by atoms with E-state index in [4.69, 9.17) is 9.57 Å². The lowest BCUT2D eigenvalue weighted by molar-refractivity contribution is -0.0318. The number of hydrogen-bond acceptors (Lipinski definition) is 7. The minimum absolute atomic E-state index is 0.108. The molecule has 0 saturated carbocycles. The van der Waals surface area contributed by atoms with Gasteiger partial charge >= 0.3 is 0 Å². The highest BCUT2D eigenvalue weighted by Crippen LogP contribution is 2.29. The maximum absolute atomic E-state index is 6.07. The Kier molecular flexibility index (Phi) is 6.38. The average molecular weight is 382 g/mol. The van der Waals surface area contributed by atoms with Gasteiger partial charge in [0.1, 0.15) is 6.23 Å². The van der Waals surface area contributed by atoms with Crippen LogP contribution in [0.1, 0.15) is 46.5 Å². The van der Waals surface area contributed by atoms with Gasteiger partial charge in [0.15, 0.2) is 0 Å². The van der Waals surface area contributed by atoms with E-state index in [0.717, 1.165) is 45.8 Å². The molecule has 7 nitrogen and oxygen atoms in total. The van der Waals surface area contributed by atoms with E-state index in [1.54, 1.807) is 0 Å². The lowest BCUT2D eigenvalue weighted by Gasteiger charge is -2.41. The van der Waals surface area contributed by atoms with E-state index in [2.05, 4.69) is 46.7 Å². The summed E-state index contributed by atoms with van der Waals surface area (Å²) >= 11 is 0. The molecule has 4 rings (SSSR count). The Labute approximate surface area is 164 Å². The molecule has 27 heavy (non-hydrogen) atoms. The van der Waals surface area contributed by atoms with Gasteiger partial charge in [-0.2, -0.15) is 5.48 Å². The molecule has 5 atom stereocenters. The molecule has 4 saturated heterocycles. The predicted octanol–water partition coefficient (Wildman–Crippen LogP) is 0.931. The van der Waals surface area contributed by atoms with E-state index in [9.17, 15) is 0 Å². The highest BCUT2D eigenvalue weighted by molar-refractivity contribution is 4.92. The highest BCUT2D eigenvalue weighted by Gasteiger charge is 2.42. The van der Waals surface area contributed by atoms with Crippen molar-refractivity contribution in [1.29, 1.82) is 0 Å². The van der Waals surface area contributed by atoms with Gasteiger partial charge in [-0.1, -0.05) is 20.8 Å². The minimum Gasteiger partial charge on any atom is -0.379 e. The number of likely N-dealkylation sites (tertiary alicyclic amines) is 1. The van der Waals surface area contributed by atoms with Gasteiger partial charge in [0.2, 0.25) is 0 Å². The number of ether oxygens (including phenoxy) is 1. The van der Waals surface area contributed by atoms with E-state index in [0.29, 0.717) is 23.5 Å². The largest absolute Gasteiger partial charge is 0.379 e. The Morgan fingerprint density at radius 3 is 2.67 bits per heavy atom. The first kappa shape index (κ1) is 20.0. The third-order valence-corrected chi connectivity index (χ3v) is 6.49. The van der Waals surface area contributed by atoms with Crippen LogP contribution in [0.25, 0.3) is 0 Å². The Bertz CT molecular complexity index is 479. The molecule has 3 N–H and O–H groups in total. The van der Waals surface area contributed by atoms with Crippen molar-refractivity contribution < 1.29 is 9.57 Å². The zero-order valence-electron chi connectivity index (χ0n) is 17.4. The lowest BCUT2D eigenvalue weighted by atomic mass is 9.92. The van der Waals surface area contributed by atoms with E-state index >= 15 is 0 Å². The molecule has 0 bridgehead atoms. The van der Waals surface area contributed by atoms with Crippen molar-refractivity contribution in [2.24, 2.45) is 11.3 Å². The molecule has 0 aromatic rings. The summed E-state index contributed by atoms with van der Waals surface area (Å²) < 4.78 is 5.51. The van der Waals surface area contributed by atoms with E-state index in [-0.39, 0.29) is 12.4 Å². The Hall–Kier alpha value is -0.280. The van der Waals surface area contributed by atoms with Crippen LogP contribution in [0, 0.1) is 11.3 Å². The van der Waals surface area contributed by atoms with Crippen molar-refractivity contribution in [3.8, 4) is 0 Å². The average Bonchev–Trinajstić information content (AvgIpc) is 3.30. The first-order chi connectivity index (χ1) is 13.0. The van der Waals surface area contributed by atoms with Gasteiger partial charge in [-0.3, -0.25) is 20.0 Å². The van der Waals surface area contributed by atoms with Crippen molar-refractivity contribution in [1.82, 2.24) is 25.9 Å². The van der Waals surface area contributed by atoms with Crippen LogP contribution in [0.5, 0.6) is 0 Å². The maximum Gasteiger partial charge on any atom is 0.146 e. The third-order valence-electron chi connectivity index (χ3n) is 6.49. The maximum atomic E-state index is 6.07. The SMILES string of the molecule is CC(C)(C)CN1CCC[C@H]1C1NC(C2CCNC(N3CCOCC3)C2)NO1. The fraction of sp³-hybridized carbons (Fsp3) is 1.00. The summed E-state index contributed by atoms with van der Waals surface area (Å²) in [5.74, 6) is 0.599. The fourth-order valence-corrected chi connectivity index (χ4v) is 5.21. The second kappa shape index (κ2) is 8.61. The zero-order chi connectivity index (χ0) is 18.9. The van der Waals surface area contributed by atoms with Gasteiger partial charge in [-0.25, -0.2) is 0 Å². The summed E-state index contributed by atoms with van der Waals surface area (Å²) in [6.07, 6.45) is 5.70. The molecule has 4 aliphatic heterocycles. The number of nitrogens with zero attached hydrogens (tertiary/aromatic N) is 2. The van der Waals surface area contributed by atoms with Crippen LogP contribution in [-0.2, 0) is 9.57 Å². The normalized spacial score (nSPS) is 39.9. The lowest BCUT2D eigenvalue weighted by Crippen LogP contribution is -2.57. The molecule has 0 spiro atoms. The summed E-state index contributed by atoms with van der Waals surface area (Å²) in [6.45, 7) is 14.2. The third kappa shape index (κ3) is 5.01. The Balaban J connectivity index is 1.31. The molecule has 0 aromatic heterocycles. The first-order valence-electron chi connectivity index (χ1n) is 11.0. The first-order valence-corrected chi connectivity index (χ1v) is 11.0. The van der Waals surface area contributed by atoms with Crippen molar-refractivity contribution >= 4 is 0 Å². The van der Waals surface area contributed by atoms with Crippen LogP contribution >= 0.6 is 0 Å². The topological polar surface area (TPSA) is 61.0 Å². The molecule has 0 amide bonds. The van der Waals surface area contributed by atoms with Crippen molar-refractivity contribution in [2.75, 3.05) is 45.9 Å². The second-order valence-corrected chi connectivity index (χ2v) is 9.94. The number of rotatable bonds is 4. The smallest absolute Gasteiger partial charge is 0.146 e. The Morgan fingerprint density at radius 1 is 1.07 bits per heavy atom. The number of piperidine rings is 1. The van der Waals surface area contributed by atoms with Crippen LogP contribution in [0.2, 0.25) is 0 Å².